The lowest BCUT2D eigenvalue weighted by atomic mass is 9.97. The van der Waals surface area contributed by atoms with Gasteiger partial charge in [-0.25, -0.2) is 0 Å². The average Bonchev–Trinajstić information content (AvgIpc) is 2.26. The van der Waals surface area contributed by atoms with Crippen LogP contribution in [0.4, 0.5) is 0 Å². The summed E-state index contributed by atoms with van der Waals surface area (Å²) in [4.78, 5) is 14.1. The minimum atomic E-state index is 0.342. The second kappa shape index (κ2) is 7.00. The number of nitrogens with one attached hydrogen (secondary N) is 1. The largest absolute Gasteiger partial charge is 0.342 e. The van der Waals surface area contributed by atoms with Gasteiger partial charge < -0.3 is 10.2 Å². The van der Waals surface area contributed by atoms with Crippen molar-refractivity contribution in [1.82, 2.24) is 10.2 Å². The van der Waals surface area contributed by atoms with E-state index in [4.69, 9.17) is 0 Å². The molecule has 0 aliphatic carbocycles. The van der Waals surface area contributed by atoms with Gasteiger partial charge in [0.05, 0.1) is 0 Å². The van der Waals surface area contributed by atoms with Crippen molar-refractivity contribution in [3.63, 3.8) is 0 Å². The number of hydrogen-bond donors (Lipinski definition) is 1. The summed E-state index contributed by atoms with van der Waals surface area (Å²) < 4.78 is 0. The highest BCUT2D eigenvalue weighted by atomic mass is 16.2. The van der Waals surface area contributed by atoms with E-state index in [0.717, 1.165) is 26.1 Å². The summed E-state index contributed by atoms with van der Waals surface area (Å²) in [7, 11) is 0. The number of carbonyl (C=O) groups is 1. The van der Waals surface area contributed by atoms with Gasteiger partial charge in [-0.2, -0.15) is 0 Å². The molecule has 1 amide bonds. The first-order valence-electron chi connectivity index (χ1n) is 7.00. The number of amides is 1. The lowest BCUT2D eigenvalue weighted by Gasteiger charge is -2.33. The zero-order valence-corrected chi connectivity index (χ0v) is 11.8. The molecule has 0 bridgehead atoms. The maximum absolute atomic E-state index is 12.0. The van der Waals surface area contributed by atoms with Gasteiger partial charge in [0.25, 0.3) is 0 Å². The van der Waals surface area contributed by atoms with Crippen LogP contribution < -0.4 is 5.32 Å². The SMILES string of the molecule is CC(C)CC(=O)N1CCCC(CNC(C)C)C1. The molecule has 1 rings (SSSR count). The highest BCUT2D eigenvalue weighted by molar-refractivity contribution is 5.76. The first kappa shape index (κ1) is 14.5. The Bertz CT molecular complexity index is 238. The molecule has 1 atom stereocenters. The first-order chi connectivity index (χ1) is 7.99. The molecule has 0 aromatic rings. The maximum atomic E-state index is 12.0. The van der Waals surface area contributed by atoms with Gasteiger partial charge in [-0.3, -0.25) is 4.79 Å². The van der Waals surface area contributed by atoms with Crippen LogP contribution in [0, 0.1) is 11.8 Å². The zero-order chi connectivity index (χ0) is 12.8. The van der Waals surface area contributed by atoms with Crippen LogP contribution in [0.15, 0.2) is 0 Å². The van der Waals surface area contributed by atoms with Crippen LogP contribution in [-0.2, 0) is 4.79 Å². The Morgan fingerprint density at radius 3 is 2.65 bits per heavy atom. The average molecular weight is 240 g/mol. The molecule has 1 fully saturated rings. The second-order valence-electron chi connectivity index (χ2n) is 6.01. The van der Waals surface area contributed by atoms with Crippen LogP contribution in [0.5, 0.6) is 0 Å². The van der Waals surface area contributed by atoms with Crippen molar-refractivity contribution in [2.75, 3.05) is 19.6 Å². The smallest absolute Gasteiger partial charge is 0.222 e. The van der Waals surface area contributed by atoms with Crippen molar-refractivity contribution in [2.24, 2.45) is 11.8 Å². The lowest BCUT2D eigenvalue weighted by molar-refractivity contribution is -0.133. The Morgan fingerprint density at radius 2 is 2.06 bits per heavy atom. The highest BCUT2D eigenvalue weighted by Gasteiger charge is 2.23. The minimum Gasteiger partial charge on any atom is -0.342 e. The van der Waals surface area contributed by atoms with E-state index >= 15 is 0 Å². The maximum Gasteiger partial charge on any atom is 0.222 e. The highest BCUT2D eigenvalue weighted by Crippen LogP contribution is 2.17. The van der Waals surface area contributed by atoms with Crippen LogP contribution in [-0.4, -0.2) is 36.5 Å². The summed E-state index contributed by atoms with van der Waals surface area (Å²) in [5.74, 6) is 1.45. The fraction of sp³-hybridized carbons (Fsp3) is 0.929. The Kier molecular flexibility index (Phi) is 5.96. The molecule has 17 heavy (non-hydrogen) atoms. The molecule has 0 radical (unpaired) electrons. The van der Waals surface area contributed by atoms with Crippen molar-refractivity contribution in [3.05, 3.63) is 0 Å². The molecule has 100 valence electrons. The molecule has 1 unspecified atom stereocenters. The summed E-state index contributed by atoms with van der Waals surface area (Å²) in [6, 6.07) is 0.539. The van der Waals surface area contributed by atoms with Crippen LogP contribution in [0.2, 0.25) is 0 Å². The molecule has 1 N–H and O–H groups in total. The predicted molar refractivity (Wildman–Crippen MR) is 71.9 cm³/mol. The topological polar surface area (TPSA) is 32.3 Å². The molecule has 0 saturated carbocycles. The van der Waals surface area contributed by atoms with Crippen LogP contribution in [0.3, 0.4) is 0 Å². The predicted octanol–water partition coefficient (Wildman–Crippen LogP) is 2.27. The molecule has 0 aromatic heterocycles. The molecule has 1 aliphatic heterocycles. The van der Waals surface area contributed by atoms with Gasteiger partial charge in [0.15, 0.2) is 0 Å². The Labute approximate surface area is 106 Å². The third-order valence-electron chi connectivity index (χ3n) is 3.27. The van der Waals surface area contributed by atoms with E-state index in [1.807, 2.05) is 0 Å². The molecule has 1 aliphatic rings. The molecule has 0 spiro atoms. The molecule has 3 nitrogen and oxygen atoms in total. The first-order valence-corrected chi connectivity index (χ1v) is 7.00. The van der Waals surface area contributed by atoms with Gasteiger partial charge in [-0.05, 0) is 31.2 Å². The van der Waals surface area contributed by atoms with Crippen molar-refractivity contribution >= 4 is 5.91 Å². The van der Waals surface area contributed by atoms with Gasteiger partial charge in [0.1, 0.15) is 0 Å². The van der Waals surface area contributed by atoms with E-state index in [1.165, 1.54) is 6.42 Å². The number of carbonyl (C=O) groups excluding carboxylic acids is 1. The van der Waals surface area contributed by atoms with E-state index in [2.05, 4.69) is 37.9 Å². The van der Waals surface area contributed by atoms with Crippen LogP contribution in [0.1, 0.15) is 47.0 Å². The summed E-state index contributed by atoms with van der Waals surface area (Å²) in [6.45, 7) is 11.5. The van der Waals surface area contributed by atoms with Gasteiger partial charge in [0.2, 0.25) is 5.91 Å². The van der Waals surface area contributed by atoms with Gasteiger partial charge in [0, 0.05) is 25.6 Å². The summed E-state index contributed by atoms with van der Waals surface area (Å²) in [6.07, 6.45) is 3.11. The number of nitrogens with zero attached hydrogens (tertiary/aromatic N) is 1. The third kappa shape index (κ3) is 5.53. The monoisotopic (exact) mass is 240 g/mol. The van der Waals surface area contributed by atoms with Crippen LogP contribution in [0.25, 0.3) is 0 Å². The van der Waals surface area contributed by atoms with Crippen molar-refractivity contribution in [1.29, 1.82) is 0 Å². The van der Waals surface area contributed by atoms with Gasteiger partial charge in [-0.15, -0.1) is 0 Å². The van der Waals surface area contributed by atoms with E-state index < -0.39 is 0 Å². The standard InChI is InChI=1S/C14H28N2O/c1-11(2)8-14(17)16-7-5-6-13(10-16)9-15-12(3)4/h11-13,15H,5-10H2,1-4H3. The fourth-order valence-electron chi connectivity index (χ4n) is 2.34. The normalized spacial score (nSPS) is 21.3. The Balaban J connectivity index is 2.35. The molecule has 1 saturated heterocycles. The minimum absolute atomic E-state index is 0.342. The van der Waals surface area contributed by atoms with Crippen molar-refractivity contribution in [3.8, 4) is 0 Å². The quantitative estimate of drug-likeness (QED) is 0.799. The van der Waals surface area contributed by atoms with E-state index in [1.54, 1.807) is 0 Å². The van der Waals surface area contributed by atoms with E-state index in [0.29, 0.717) is 30.2 Å². The molecular weight excluding hydrogens is 212 g/mol. The van der Waals surface area contributed by atoms with Gasteiger partial charge >= 0.3 is 0 Å². The number of piperidine rings is 1. The molecule has 3 heteroatoms. The molecule has 0 aromatic carbocycles. The number of hydrogen-bond acceptors (Lipinski definition) is 2. The second-order valence-corrected chi connectivity index (χ2v) is 6.01. The fourth-order valence-corrected chi connectivity index (χ4v) is 2.34. The Morgan fingerprint density at radius 1 is 1.35 bits per heavy atom. The van der Waals surface area contributed by atoms with E-state index in [9.17, 15) is 4.79 Å². The Hall–Kier alpha value is -0.570. The van der Waals surface area contributed by atoms with Crippen LogP contribution >= 0.6 is 0 Å². The molecule has 1 heterocycles. The summed E-state index contributed by atoms with van der Waals surface area (Å²) in [5.41, 5.74) is 0. The molecular formula is C14H28N2O. The lowest BCUT2D eigenvalue weighted by Crippen LogP contribution is -2.44. The number of likely N-dealkylation sites (tertiary alicyclic amines) is 1. The summed E-state index contributed by atoms with van der Waals surface area (Å²) >= 11 is 0. The third-order valence-corrected chi connectivity index (χ3v) is 3.27. The zero-order valence-electron chi connectivity index (χ0n) is 11.8. The van der Waals surface area contributed by atoms with E-state index in [-0.39, 0.29) is 0 Å². The summed E-state index contributed by atoms with van der Waals surface area (Å²) in [5, 5.41) is 3.48. The van der Waals surface area contributed by atoms with Crippen molar-refractivity contribution < 1.29 is 4.79 Å². The van der Waals surface area contributed by atoms with Crippen molar-refractivity contribution in [2.45, 2.75) is 53.0 Å². The van der Waals surface area contributed by atoms with Gasteiger partial charge in [-0.1, -0.05) is 27.7 Å². The number of rotatable bonds is 5.